The van der Waals surface area contributed by atoms with Crippen LogP contribution in [-0.4, -0.2) is 27.9 Å². The first-order valence-corrected chi connectivity index (χ1v) is 10.3. The number of hydrogen-bond acceptors (Lipinski definition) is 8. The molecule has 0 amide bonds. The zero-order valence-electron chi connectivity index (χ0n) is 15.7. The topological polar surface area (TPSA) is 120 Å². The normalized spacial score (nSPS) is 12.9. The Hall–Kier alpha value is -2.74. The monoisotopic (exact) mass is 410 g/mol. The number of nitro benzene ring substituents is 1. The third-order valence-corrected chi connectivity index (χ3v) is 5.23. The summed E-state index contributed by atoms with van der Waals surface area (Å²) in [5.74, 6) is -0.104. The van der Waals surface area contributed by atoms with Crippen molar-refractivity contribution in [3.8, 4) is 11.5 Å². The van der Waals surface area contributed by atoms with Crippen LogP contribution in [0.15, 0.2) is 54.6 Å². The summed E-state index contributed by atoms with van der Waals surface area (Å²) < 4.78 is 16.4. The van der Waals surface area contributed by atoms with Crippen molar-refractivity contribution < 1.29 is 28.4 Å². The van der Waals surface area contributed by atoms with Crippen LogP contribution in [0, 0.1) is 10.1 Å². The predicted molar refractivity (Wildman–Crippen MR) is 105 cm³/mol. The number of nitro groups is 1. The van der Waals surface area contributed by atoms with E-state index in [1.54, 1.807) is 44.2 Å². The Balaban J connectivity index is 2.22. The number of nitrogens with zero attached hydrogens (tertiary/aromatic N) is 1. The molecule has 2 rings (SSSR count). The Bertz CT molecular complexity index is 801. The van der Waals surface area contributed by atoms with Gasteiger partial charge in [-0.3, -0.25) is 0 Å². The molecule has 2 aromatic carbocycles. The van der Waals surface area contributed by atoms with Crippen LogP contribution in [0.3, 0.4) is 0 Å². The molecular formula is C18H23N2O7P. The fourth-order valence-corrected chi connectivity index (χ4v) is 3.93. The summed E-state index contributed by atoms with van der Waals surface area (Å²) in [5, 5.41) is 13.5. The summed E-state index contributed by atoms with van der Waals surface area (Å²) >= 11 is 0. The molecule has 10 heteroatoms. The number of nitrogens with one attached hydrogen (secondary N) is 1. The third kappa shape index (κ3) is 6.45. The van der Waals surface area contributed by atoms with Crippen molar-refractivity contribution in [3.05, 3.63) is 64.7 Å². The fourth-order valence-electron chi connectivity index (χ4n) is 2.19. The van der Waals surface area contributed by atoms with E-state index < -0.39 is 25.0 Å². The Labute approximate surface area is 163 Å². The molecule has 0 fully saturated rings. The van der Waals surface area contributed by atoms with E-state index in [9.17, 15) is 19.8 Å². The quantitative estimate of drug-likeness (QED) is 0.279. The molecule has 28 heavy (non-hydrogen) atoms. The number of benzene rings is 2. The van der Waals surface area contributed by atoms with Crippen molar-refractivity contribution in [2.24, 2.45) is 0 Å². The minimum absolute atomic E-state index is 0.122. The first kappa shape index (κ1) is 21.6. The number of esters is 1. The fraction of sp³-hybridized carbons (Fsp3) is 0.278. The van der Waals surface area contributed by atoms with Crippen LogP contribution in [0.25, 0.3) is 0 Å². The number of non-ortho nitro benzene ring substituents is 1. The molecule has 0 aliphatic heterocycles. The Morgan fingerprint density at radius 3 is 2.07 bits per heavy atom. The number of rotatable bonds is 9. The molecule has 0 spiro atoms. The van der Waals surface area contributed by atoms with E-state index >= 15 is 0 Å². The van der Waals surface area contributed by atoms with Gasteiger partial charge in [-0.15, -0.1) is 0 Å². The molecule has 0 heterocycles. The van der Waals surface area contributed by atoms with Crippen LogP contribution in [-0.2, 0) is 9.53 Å². The summed E-state index contributed by atoms with van der Waals surface area (Å²) in [6.45, 7) is 4.93. The van der Waals surface area contributed by atoms with E-state index in [0.717, 1.165) is 0 Å². The van der Waals surface area contributed by atoms with Gasteiger partial charge in [-0.2, -0.15) is 0 Å². The summed E-state index contributed by atoms with van der Waals surface area (Å²) in [6.07, 6.45) is -0.322. The summed E-state index contributed by atoms with van der Waals surface area (Å²) in [7, 11) is -4.17. The molecule has 9 nitrogen and oxygen atoms in total. The van der Waals surface area contributed by atoms with Crippen LogP contribution in [0.5, 0.6) is 11.5 Å². The van der Waals surface area contributed by atoms with Crippen molar-refractivity contribution in [1.82, 2.24) is 5.09 Å². The molecule has 1 atom stereocenters. The Morgan fingerprint density at radius 2 is 1.57 bits per heavy atom. The standard InChI is InChI=1S/C18H23N2O7P/c1-13(2)25-18(21)14(3)19-28(24,26-16-7-5-4-6-8-16)27-17-11-9-15(10-12-17)20(22)23/h4-14,19,24,28H,1-3H3/t14-/m0/s1. The summed E-state index contributed by atoms with van der Waals surface area (Å²) in [6, 6.07) is 12.7. The Morgan fingerprint density at radius 1 is 1.04 bits per heavy atom. The van der Waals surface area contributed by atoms with Crippen LogP contribution in [0.2, 0.25) is 0 Å². The SMILES string of the molecule is CC(C)OC(=O)[C@H](C)N[PH](O)(Oc1ccccc1)Oc1ccc([N+](=O)[O-])cc1. The van der Waals surface area contributed by atoms with E-state index in [-0.39, 0.29) is 17.5 Å². The van der Waals surface area contributed by atoms with Crippen molar-refractivity contribution in [3.63, 3.8) is 0 Å². The van der Waals surface area contributed by atoms with Crippen molar-refractivity contribution in [1.29, 1.82) is 0 Å². The van der Waals surface area contributed by atoms with Gasteiger partial charge in [0.25, 0.3) is 0 Å². The van der Waals surface area contributed by atoms with Gasteiger partial charge in [0.1, 0.15) is 0 Å². The van der Waals surface area contributed by atoms with Crippen molar-refractivity contribution in [2.75, 3.05) is 0 Å². The average molecular weight is 410 g/mol. The van der Waals surface area contributed by atoms with E-state index in [2.05, 4.69) is 5.09 Å². The van der Waals surface area contributed by atoms with E-state index in [1.165, 1.54) is 31.2 Å². The molecular weight excluding hydrogens is 387 g/mol. The number of ether oxygens (including phenoxy) is 1. The molecule has 0 aromatic heterocycles. The Kier molecular flexibility index (Phi) is 7.28. The minimum atomic E-state index is -4.17. The van der Waals surface area contributed by atoms with Gasteiger partial charge >= 0.3 is 162 Å². The third-order valence-electron chi connectivity index (χ3n) is 3.41. The molecule has 152 valence electrons. The average Bonchev–Trinajstić information content (AvgIpc) is 2.62. The van der Waals surface area contributed by atoms with Crippen LogP contribution in [0.4, 0.5) is 5.69 Å². The van der Waals surface area contributed by atoms with Gasteiger partial charge in [-0.05, 0) is 0 Å². The molecule has 0 aliphatic carbocycles. The second-order valence-corrected chi connectivity index (χ2v) is 8.06. The zero-order valence-corrected chi connectivity index (χ0v) is 16.7. The number of carbonyl (C=O) groups is 1. The first-order valence-electron chi connectivity index (χ1n) is 8.56. The van der Waals surface area contributed by atoms with Crippen LogP contribution in [0.1, 0.15) is 20.8 Å². The summed E-state index contributed by atoms with van der Waals surface area (Å²) in [5.41, 5.74) is -0.122. The summed E-state index contributed by atoms with van der Waals surface area (Å²) in [4.78, 5) is 33.3. The molecule has 0 saturated carbocycles. The van der Waals surface area contributed by atoms with Gasteiger partial charge in [0.2, 0.25) is 0 Å². The maximum atomic E-state index is 12.1. The second kappa shape index (κ2) is 9.45. The van der Waals surface area contributed by atoms with Crippen LogP contribution < -0.4 is 14.1 Å². The molecule has 2 aromatic rings. The van der Waals surface area contributed by atoms with Gasteiger partial charge in [-0.25, -0.2) is 0 Å². The first-order chi connectivity index (χ1) is 13.2. The number of carbonyl (C=O) groups excluding carboxylic acids is 1. The van der Waals surface area contributed by atoms with Gasteiger partial charge in [0.15, 0.2) is 0 Å². The molecule has 0 unspecified atom stereocenters. The maximum absolute atomic E-state index is 12.1. The van der Waals surface area contributed by atoms with E-state index in [0.29, 0.717) is 5.75 Å². The van der Waals surface area contributed by atoms with Gasteiger partial charge in [0, 0.05) is 0 Å². The molecule has 2 N–H and O–H groups in total. The second-order valence-electron chi connectivity index (χ2n) is 6.20. The van der Waals surface area contributed by atoms with Crippen LogP contribution >= 0.6 is 8.09 Å². The van der Waals surface area contributed by atoms with Crippen molar-refractivity contribution >= 4 is 19.8 Å². The number of para-hydroxylation sites is 1. The van der Waals surface area contributed by atoms with Crippen molar-refractivity contribution in [2.45, 2.75) is 32.9 Å². The molecule has 0 radical (unpaired) electrons. The molecule has 0 aliphatic rings. The predicted octanol–water partition coefficient (Wildman–Crippen LogP) is 3.38. The zero-order chi connectivity index (χ0) is 20.7. The van der Waals surface area contributed by atoms with Gasteiger partial charge < -0.3 is 0 Å². The molecule has 0 bridgehead atoms. The van der Waals surface area contributed by atoms with Gasteiger partial charge in [-0.1, -0.05) is 0 Å². The van der Waals surface area contributed by atoms with E-state index in [4.69, 9.17) is 13.8 Å². The van der Waals surface area contributed by atoms with E-state index in [1.807, 2.05) is 0 Å². The number of hydrogen-bond donors (Lipinski definition) is 2. The van der Waals surface area contributed by atoms with Gasteiger partial charge in [0.05, 0.1) is 0 Å². The molecule has 0 saturated heterocycles.